The molecular weight excluding hydrogens is 1440 g/mol. The maximum atomic E-state index is 12.5. The van der Waals surface area contributed by atoms with Gasteiger partial charge in [-0.3, -0.25) is 37.4 Å². The van der Waals surface area contributed by atoms with Crippen LogP contribution in [0.5, 0.6) is 30.1 Å². The molecule has 41 nitrogen and oxygen atoms in total. The molecule has 4 aromatic carbocycles. The summed E-state index contributed by atoms with van der Waals surface area (Å²) in [5.74, 6) is -2.48. The van der Waals surface area contributed by atoms with Crippen LogP contribution in [0.3, 0.4) is 0 Å². The van der Waals surface area contributed by atoms with Gasteiger partial charge < -0.3 is 90.5 Å². The molecule has 0 atom stereocenters. The van der Waals surface area contributed by atoms with E-state index < -0.39 is 35.1 Å². The first-order valence-corrected chi connectivity index (χ1v) is 33.0. The van der Waals surface area contributed by atoms with Gasteiger partial charge in [-0.15, -0.1) is 5.06 Å². The number of aldehydes is 2. The number of rotatable bonds is 30. The molecule has 1 fully saturated rings. The first-order chi connectivity index (χ1) is 53.1. The number of amides is 2. The van der Waals surface area contributed by atoms with Crippen molar-refractivity contribution >= 4 is 104 Å². The molecule has 8 aromatic heterocycles. The van der Waals surface area contributed by atoms with Gasteiger partial charge in [-0.2, -0.15) is 44.9 Å². The van der Waals surface area contributed by atoms with E-state index in [1.165, 1.54) is 52.2 Å². The van der Waals surface area contributed by atoms with E-state index in [4.69, 9.17) is 75.5 Å². The quantitative estimate of drug-likeness (QED) is 0.0182. The van der Waals surface area contributed by atoms with E-state index in [1.807, 2.05) is 12.1 Å². The summed E-state index contributed by atoms with van der Waals surface area (Å²) in [6, 6.07) is 27.1. The molecule has 1 aliphatic rings. The van der Waals surface area contributed by atoms with Crippen molar-refractivity contribution in [1.82, 2.24) is 83.1 Å². The van der Waals surface area contributed by atoms with Gasteiger partial charge in [0.05, 0.1) is 70.8 Å². The molecule has 0 spiro atoms. The molecule has 41 heteroatoms. The number of nitrogens with one attached hydrogen (secondary N) is 3. The molecular formula is C69H73N21O20. The van der Waals surface area contributed by atoms with E-state index in [2.05, 4.69) is 59.8 Å². The largest absolute Gasteiger partial charge is 0.478 e. The molecule has 110 heavy (non-hydrogen) atoms. The third-order valence-corrected chi connectivity index (χ3v) is 15.9. The molecule has 12 N–H and O–H groups in total. The van der Waals surface area contributed by atoms with Crippen LogP contribution in [0, 0.1) is 0 Å². The second-order valence-corrected chi connectivity index (χ2v) is 23.3. The fraction of sp³-hybridized carbons (Fsp3) is 0.275. The zero-order valence-electron chi connectivity index (χ0n) is 59.6. The minimum Gasteiger partial charge on any atom is -0.478 e. The summed E-state index contributed by atoms with van der Waals surface area (Å²) in [5.41, 5.74) is 30.0. The predicted molar refractivity (Wildman–Crippen MR) is 390 cm³/mol. The van der Waals surface area contributed by atoms with Crippen LogP contribution in [0.4, 0.5) is 23.3 Å². The van der Waals surface area contributed by atoms with Gasteiger partial charge in [0.25, 0.3) is 17.8 Å². The maximum absolute atomic E-state index is 12.5. The molecule has 2 amide bonds. The van der Waals surface area contributed by atoms with E-state index in [-0.39, 0.29) is 128 Å². The molecule has 574 valence electrons. The summed E-state index contributed by atoms with van der Waals surface area (Å²) in [5, 5.41) is 9.44. The van der Waals surface area contributed by atoms with E-state index in [1.54, 1.807) is 86.6 Å². The van der Waals surface area contributed by atoms with Crippen LogP contribution in [0.15, 0.2) is 111 Å². The molecule has 1 aliphatic heterocycles. The van der Waals surface area contributed by atoms with Crippen molar-refractivity contribution in [1.29, 1.82) is 0 Å². The molecule has 0 radical (unpaired) electrons. The first-order valence-electron chi connectivity index (χ1n) is 33.0. The normalized spacial score (nSPS) is 11.7. The number of nitrogen functional groups attached to an aromatic ring is 4. The maximum Gasteiger partial charge on any atom is 0.363 e. The minimum absolute atomic E-state index is 0.00824. The number of hydroxylamine groups is 2. The number of fused-ring (bicyclic) bond motifs is 4. The fourth-order valence-electron chi connectivity index (χ4n) is 10.4. The number of aromatic nitrogens is 16. The number of carbonyl (C=O) groups is 6. The van der Waals surface area contributed by atoms with Crippen LogP contribution in [0.25, 0.3) is 44.7 Å². The van der Waals surface area contributed by atoms with Gasteiger partial charge >= 0.3 is 53.0 Å². The number of methoxy groups -OCH3 is 5. The zero-order chi connectivity index (χ0) is 78.5. The SMILES string of the molecule is COCCOc1nc(N)c2[nH]c(=O)n(Cc3ccc(C(=O)O)cc3)c2n1.COCCOc1nc(N)c2[nH]c(=O)n(Cc3ccc(C(=O)ON4C(=O)CCC4=O)cc3)c2n1.COCCOc1nc(N)c2[nH]c(=O)n(Cc3ccc(C=O)cc3)c2n1.COCCOc1nc(N)c2nc(OC)n(Cc3ccc(C=O)cc3)c2n1. The lowest BCUT2D eigenvalue weighted by atomic mass is 10.1. The molecule has 0 bridgehead atoms. The van der Waals surface area contributed by atoms with Crippen molar-refractivity contribution in [3.8, 4) is 30.1 Å². The van der Waals surface area contributed by atoms with Gasteiger partial charge in [-0.05, 0) is 46.5 Å². The van der Waals surface area contributed by atoms with Gasteiger partial charge in [0, 0.05) is 52.4 Å². The number of benzene rings is 4. The number of carboxylic acid groups (broad SMARTS) is 1. The van der Waals surface area contributed by atoms with Crippen LogP contribution >= 0.6 is 0 Å². The van der Waals surface area contributed by atoms with E-state index >= 15 is 0 Å². The lowest BCUT2D eigenvalue weighted by molar-refractivity contribution is -0.172. The lowest BCUT2D eigenvalue weighted by Crippen LogP contribution is -2.32. The smallest absolute Gasteiger partial charge is 0.363 e. The van der Waals surface area contributed by atoms with Gasteiger partial charge in [0.1, 0.15) is 55.5 Å². The standard InChI is InChI=1S/C20H20N6O7.C17H19N5O4.C16H17N5O5.C16H17N5O4/c1-31-8-9-32-19-23-16(21)15-17(24-19)25(20(30)22-15)10-11-2-4-12(5-3-11)18(29)33-26-13(27)6-7-14(26)28;1-24-7-8-26-16-20-14(18)13-15(21-16)22(17(19-13)25-2)9-11-3-5-12(10-23)6-4-11;1-25-6-7-26-15-19-12(17)11-13(20-15)21(16(24)18-11)8-9-2-4-10(5-3-9)14(22)23;1-24-6-7-25-15-19-13(17)12-14(20-15)21(16(23)18-12)8-10-2-4-11(9-22)5-3-10/h2-5H,6-10H2,1H3,(H,22,30)(H2,21,23,24);3-6,10H,7-9H2,1-2H3,(H2,18,20,21);2-5H,6-8H2,1H3,(H,18,24)(H,22,23)(H2,17,19,20);2-5,9H,6-8H2,1H3,(H,18,23)(H2,17,19,20). The van der Waals surface area contributed by atoms with Crippen LogP contribution < -0.4 is 63.7 Å². The summed E-state index contributed by atoms with van der Waals surface area (Å²) < 4.78 is 52.6. The van der Waals surface area contributed by atoms with E-state index in [9.17, 15) is 43.2 Å². The van der Waals surface area contributed by atoms with Crippen LogP contribution in [0.1, 0.15) is 76.5 Å². The molecule has 1 saturated heterocycles. The van der Waals surface area contributed by atoms with Crippen molar-refractivity contribution in [2.45, 2.75) is 39.0 Å². The van der Waals surface area contributed by atoms with Gasteiger partial charge in [0.2, 0.25) is 0 Å². The first kappa shape index (κ1) is 78.5. The Morgan fingerprint density at radius 1 is 0.418 bits per heavy atom. The molecule has 13 rings (SSSR count). The van der Waals surface area contributed by atoms with Gasteiger partial charge in [-0.1, -0.05) is 72.8 Å². The molecule has 0 unspecified atom stereocenters. The van der Waals surface area contributed by atoms with Crippen molar-refractivity contribution in [3.63, 3.8) is 0 Å². The Hall–Kier alpha value is -14.1. The van der Waals surface area contributed by atoms with Crippen molar-refractivity contribution in [2.24, 2.45) is 0 Å². The number of aromatic amines is 3. The monoisotopic (exact) mass is 1520 g/mol. The van der Waals surface area contributed by atoms with Crippen LogP contribution in [0.2, 0.25) is 0 Å². The highest BCUT2D eigenvalue weighted by Gasteiger charge is 2.33. The fourth-order valence-corrected chi connectivity index (χ4v) is 10.4. The van der Waals surface area contributed by atoms with Crippen molar-refractivity contribution in [3.05, 3.63) is 173 Å². The van der Waals surface area contributed by atoms with E-state index in [0.717, 1.165) is 29.3 Å². The Bertz CT molecular complexity index is 5450. The highest BCUT2D eigenvalue weighted by Crippen LogP contribution is 2.28. The van der Waals surface area contributed by atoms with Crippen molar-refractivity contribution < 1.29 is 81.3 Å². The lowest BCUT2D eigenvalue weighted by Gasteiger charge is -2.12. The summed E-state index contributed by atoms with van der Waals surface area (Å²) in [6.45, 7) is 3.51. The summed E-state index contributed by atoms with van der Waals surface area (Å²) >= 11 is 0. The molecule has 9 heterocycles. The highest BCUT2D eigenvalue weighted by molar-refractivity contribution is 6.03. The number of hydrogen-bond acceptors (Lipinski definition) is 32. The summed E-state index contributed by atoms with van der Waals surface area (Å²) in [4.78, 5) is 155. The number of nitrogens with two attached hydrogens (primary N) is 4. The van der Waals surface area contributed by atoms with Gasteiger partial charge in [0.15, 0.2) is 51.4 Å². The number of imide groups is 1. The summed E-state index contributed by atoms with van der Waals surface area (Å²) in [6.07, 6.45) is 1.59. The van der Waals surface area contributed by atoms with Crippen LogP contribution in [-0.4, -0.2) is 213 Å². The second-order valence-electron chi connectivity index (χ2n) is 23.3. The number of H-pyrrole nitrogens is 3. The number of anilines is 4. The van der Waals surface area contributed by atoms with E-state index in [0.29, 0.717) is 101 Å². The van der Waals surface area contributed by atoms with Crippen LogP contribution in [-0.2, 0) is 59.6 Å². The van der Waals surface area contributed by atoms with Crippen molar-refractivity contribution in [2.75, 3.05) is 111 Å². The number of aromatic carboxylic acids is 1. The number of carbonyl (C=O) groups excluding carboxylic acids is 5. The molecule has 0 aliphatic carbocycles. The number of hydrogen-bond donors (Lipinski definition) is 8. The third-order valence-electron chi connectivity index (χ3n) is 15.9. The van der Waals surface area contributed by atoms with Gasteiger partial charge in [-0.25, -0.2) is 24.0 Å². The number of ether oxygens (including phenoxy) is 9. The predicted octanol–water partition coefficient (Wildman–Crippen LogP) is 2.36. The average molecular weight is 1520 g/mol. The Morgan fingerprint density at radius 3 is 1.06 bits per heavy atom. The molecule has 0 saturated carbocycles. The zero-order valence-corrected chi connectivity index (χ0v) is 59.6. The minimum atomic E-state index is -1.01. The number of nitrogens with zero attached hydrogens (tertiary/aromatic N) is 14. The Labute approximate surface area is 619 Å². The Kier molecular flexibility index (Phi) is 26.3. The number of imidazole rings is 4. The average Bonchev–Trinajstić information content (AvgIpc) is 1.65. The third kappa shape index (κ3) is 19.3. The highest BCUT2D eigenvalue weighted by atomic mass is 16.7. The second kappa shape index (κ2) is 36.8. The molecule has 12 aromatic rings. The number of carboxylic acids is 1. The Balaban J connectivity index is 0.000000157. The topological polar surface area (TPSA) is 557 Å². The summed E-state index contributed by atoms with van der Waals surface area (Å²) in [7, 11) is 7.73. The Morgan fingerprint density at radius 2 is 0.736 bits per heavy atom.